The highest BCUT2D eigenvalue weighted by Gasteiger charge is 2.29. The standard InChI is InChI=1S/C21H29FN4O3/c1-3-28-19(29-4-2)14-26-13-18(24-25-26)21(27)23-20(15-7-5-6-8-15)16-9-11-17(22)12-10-16/h9-13,15,19-20H,3-8,14H2,1-2H3,(H,23,27). The highest BCUT2D eigenvalue weighted by Crippen LogP contribution is 2.36. The molecule has 3 rings (SSSR count). The van der Waals surface area contributed by atoms with Crippen LogP contribution in [0.3, 0.4) is 0 Å². The van der Waals surface area contributed by atoms with Gasteiger partial charge >= 0.3 is 0 Å². The summed E-state index contributed by atoms with van der Waals surface area (Å²) in [7, 11) is 0. The second-order valence-corrected chi connectivity index (χ2v) is 7.21. The number of carbonyl (C=O) groups is 1. The Bertz CT molecular complexity index is 768. The van der Waals surface area contributed by atoms with E-state index in [0.717, 1.165) is 31.2 Å². The Morgan fingerprint density at radius 3 is 2.48 bits per heavy atom. The minimum absolute atomic E-state index is 0.171. The summed E-state index contributed by atoms with van der Waals surface area (Å²) in [5, 5.41) is 11.1. The number of hydrogen-bond acceptors (Lipinski definition) is 5. The number of carbonyl (C=O) groups excluding carboxylic acids is 1. The fraction of sp³-hybridized carbons (Fsp3) is 0.571. The first-order chi connectivity index (χ1) is 14.1. The van der Waals surface area contributed by atoms with Crippen LogP contribution in [0.25, 0.3) is 0 Å². The third-order valence-electron chi connectivity index (χ3n) is 5.20. The van der Waals surface area contributed by atoms with Crippen LogP contribution >= 0.6 is 0 Å². The zero-order valence-corrected chi connectivity index (χ0v) is 17.0. The first kappa shape index (κ1) is 21.4. The summed E-state index contributed by atoms with van der Waals surface area (Å²) in [6.07, 6.45) is 5.53. The number of ether oxygens (including phenoxy) is 2. The molecule has 1 amide bonds. The summed E-state index contributed by atoms with van der Waals surface area (Å²) in [6, 6.07) is 6.17. The molecule has 0 radical (unpaired) electrons. The smallest absolute Gasteiger partial charge is 0.273 e. The fourth-order valence-corrected chi connectivity index (χ4v) is 3.82. The summed E-state index contributed by atoms with van der Waals surface area (Å²) in [5.74, 6) is -0.243. The number of hydrogen-bond donors (Lipinski definition) is 1. The molecule has 1 aromatic carbocycles. The molecule has 1 unspecified atom stereocenters. The molecule has 0 aliphatic heterocycles. The van der Waals surface area contributed by atoms with Gasteiger partial charge in [-0.1, -0.05) is 30.2 Å². The van der Waals surface area contributed by atoms with Crippen LogP contribution in [0, 0.1) is 11.7 Å². The Morgan fingerprint density at radius 2 is 1.86 bits per heavy atom. The first-order valence-electron chi connectivity index (χ1n) is 10.3. The summed E-state index contributed by atoms with van der Waals surface area (Å²) < 4.78 is 25.9. The van der Waals surface area contributed by atoms with Crippen LogP contribution in [0.2, 0.25) is 0 Å². The molecule has 7 nitrogen and oxygen atoms in total. The van der Waals surface area contributed by atoms with Crippen molar-refractivity contribution in [1.82, 2.24) is 20.3 Å². The summed E-state index contributed by atoms with van der Waals surface area (Å²) >= 11 is 0. The Morgan fingerprint density at radius 1 is 1.21 bits per heavy atom. The summed E-state index contributed by atoms with van der Waals surface area (Å²) in [4.78, 5) is 12.8. The van der Waals surface area contributed by atoms with E-state index in [1.807, 2.05) is 13.8 Å². The van der Waals surface area contributed by atoms with Gasteiger partial charge in [-0.05, 0) is 50.3 Å². The molecule has 1 aromatic heterocycles. The maximum absolute atomic E-state index is 13.3. The zero-order valence-electron chi connectivity index (χ0n) is 17.0. The fourth-order valence-electron chi connectivity index (χ4n) is 3.82. The lowest BCUT2D eigenvalue weighted by Crippen LogP contribution is -2.33. The molecule has 2 aromatic rings. The maximum atomic E-state index is 13.3. The Labute approximate surface area is 170 Å². The molecule has 8 heteroatoms. The van der Waals surface area contributed by atoms with Gasteiger partial charge in [-0.2, -0.15) is 0 Å². The van der Waals surface area contributed by atoms with Gasteiger partial charge in [0.1, 0.15) is 5.82 Å². The van der Waals surface area contributed by atoms with Gasteiger partial charge in [0.05, 0.1) is 18.8 Å². The van der Waals surface area contributed by atoms with Crippen molar-refractivity contribution in [3.05, 3.63) is 47.5 Å². The minimum atomic E-state index is -0.437. The molecule has 0 bridgehead atoms. The Kier molecular flexibility index (Phi) is 7.71. The van der Waals surface area contributed by atoms with Crippen molar-refractivity contribution in [2.45, 2.75) is 58.4 Å². The number of benzene rings is 1. The monoisotopic (exact) mass is 404 g/mol. The molecular weight excluding hydrogens is 375 g/mol. The average Bonchev–Trinajstić information content (AvgIpc) is 3.39. The van der Waals surface area contributed by atoms with Gasteiger partial charge < -0.3 is 14.8 Å². The van der Waals surface area contributed by atoms with Gasteiger partial charge in [0, 0.05) is 13.2 Å². The van der Waals surface area contributed by atoms with Crippen LogP contribution in [0.15, 0.2) is 30.5 Å². The van der Waals surface area contributed by atoms with Crippen LogP contribution in [-0.2, 0) is 16.0 Å². The van der Waals surface area contributed by atoms with E-state index in [1.54, 1.807) is 23.0 Å². The number of nitrogens with zero attached hydrogens (tertiary/aromatic N) is 3. The molecule has 1 aliphatic carbocycles. The van der Waals surface area contributed by atoms with Gasteiger partial charge in [0.2, 0.25) is 0 Å². The minimum Gasteiger partial charge on any atom is -0.351 e. The van der Waals surface area contributed by atoms with Crippen LogP contribution in [0.5, 0.6) is 0 Å². The predicted molar refractivity (Wildman–Crippen MR) is 106 cm³/mol. The van der Waals surface area contributed by atoms with E-state index in [2.05, 4.69) is 15.6 Å². The molecule has 0 saturated heterocycles. The largest absolute Gasteiger partial charge is 0.351 e. The van der Waals surface area contributed by atoms with Crippen molar-refractivity contribution >= 4 is 5.91 Å². The van der Waals surface area contributed by atoms with E-state index >= 15 is 0 Å². The normalized spacial score (nSPS) is 15.7. The molecule has 1 saturated carbocycles. The molecule has 1 fully saturated rings. The lowest BCUT2D eigenvalue weighted by atomic mass is 9.91. The van der Waals surface area contributed by atoms with Crippen molar-refractivity contribution in [2.24, 2.45) is 5.92 Å². The van der Waals surface area contributed by atoms with Crippen molar-refractivity contribution in [3.63, 3.8) is 0 Å². The highest BCUT2D eigenvalue weighted by atomic mass is 19.1. The number of amides is 1. The van der Waals surface area contributed by atoms with Gasteiger partial charge in [-0.25, -0.2) is 9.07 Å². The number of halogens is 1. The Hall–Kier alpha value is -2.32. The molecule has 29 heavy (non-hydrogen) atoms. The maximum Gasteiger partial charge on any atom is 0.273 e. The predicted octanol–water partition coefficient (Wildman–Crippen LogP) is 3.48. The van der Waals surface area contributed by atoms with Gasteiger partial charge in [0.15, 0.2) is 12.0 Å². The Balaban J connectivity index is 1.69. The van der Waals surface area contributed by atoms with Crippen molar-refractivity contribution in [2.75, 3.05) is 13.2 Å². The molecular formula is C21H29FN4O3. The SMILES string of the molecule is CCOC(Cn1cc(C(=O)NC(c2ccc(F)cc2)C2CCCC2)nn1)OCC. The summed E-state index contributed by atoms with van der Waals surface area (Å²) in [6.45, 7) is 5.18. The second kappa shape index (κ2) is 10.5. The molecule has 158 valence electrons. The zero-order chi connectivity index (χ0) is 20.6. The molecule has 1 heterocycles. The quantitative estimate of drug-likeness (QED) is 0.614. The van der Waals surface area contributed by atoms with Crippen molar-refractivity contribution in [3.8, 4) is 0 Å². The third-order valence-corrected chi connectivity index (χ3v) is 5.20. The first-order valence-corrected chi connectivity index (χ1v) is 10.3. The van der Waals surface area contributed by atoms with Crippen molar-refractivity contribution < 1.29 is 18.7 Å². The van der Waals surface area contributed by atoms with Gasteiger partial charge in [-0.15, -0.1) is 5.10 Å². The molecule has 1 atom stereocenters. The molecule has 1 N–H and O–H groups in total. The molecule has 1 aliphatic rings. The van der Waals surface area contributed by atoms with E-state index in [4.69, 9.17) is 9.47 Å². The van der Waals surface area contributed by atoms with Crippen molar-refractivity contribution in [1.29, 1.82) is 0 Å². The number of rotatable bonds is 10. The van der Waals surface area contributed by atoms with Crippen LogP contribution in [-0.4, -0.2) is 40.4 Å². The highest BCUT2D eigenvalue weighted by molar-refractivity contribution is 5.92. The van der Waals surface area contributed by atoms with Crippen LogP contribution in [0.1, 0.15) is 61.6 Å². The van der Waals surface area contributed by atoms with Gasteiger partial charge in [-0.3, -0.25) is 4.79 Å². The molecule has 0 spiro atoms. The average molecular weight is 404 g/mol. The number of aromatic nitrogens is 3. The topological polar surface area (TPSA) is 78.3 Å². The lowest BCUT2D eigenvalue weighted by Gasteiger charge is -2.25. The van der Waals surface area contributed by atoms with E-state index in [-0.39, 0.29) is 23.5 Å². The summed E-state index contributed by atoms with van der Waals surface area (Å²) in [5.41, 5.74) is 1.15. The van der Waals surface area contributed by atoms with E-state index < -0.39 is 6.29 Å². The number of nitrogens with one attached hydrogen (secondary N) is 1. The lowest BCUT2D eigenvalue weighted by molar-refractivity contribution is -0.145. The second-order valence-electron chi connectivity index (χ2n) is 7.21. The van der Waals surface area contributed by atoms with Crippen LogP contribution < -0.4 is 5.32 Å². The van der Waals surface area contributed by atoms with E-state index in [9.17, 15) is 9.18 Å². The van der Waals surface area contributed by atoms with E-state index in [0.29, 0.717) is 25.7 Å². The van der Waals surface area contributed by atoms with Crippen LogP contribution in [0.4, 0.5) is 4.39 Å². The third kappa shape index (κ3) is 5.83. The van der Waals surface area contributed by atoms with E-state index in [1.165, 1.54) is 12.1 Å². The van der Waals surface area contributed by atoms with Gasteiger partial charge in [0.25, 0.3) is 5.91 Å².